The molecule has 12 nitrogen and oxygen atoms in total. The van der Waals surface area contributed by atoms with Crippen molar-refractivity contribution >= 4 is 23.2 Å². The highest BCUT2D eigenvalue weighted by Crippen LogP contribution is 2.50. The van der Waals surface area contributed by atoms with Crippen molar-refractivity contribution in [3.05, 3.63) is 76.2 Å². The van der Waals surface area contributed by atoms with Crippen LogP contribution in [0.4, 0.5) is 11.4 Å². The molecule has 2 amide bonds. The minimum atomic E-state index is -0.721. The van der Waals surface area contributed by atoms with Crippen LogP contribution in [0.3, 0.4) is 0 Å². The predicted molar refractivity (Wildman–Crippen MR) is 180 cm³/mol. The first kappa shape index (κ1) is 33.0. The van der Waals surface area contributed by atoms with Crippen LogP contribution in [-0.4, -0.2) is 54.4 Å². The summed E-state index contributed by atoms with van der Waals surface area (Å²) < 4.78 is 17.2. The number of H-pyrrole nitrogens is 1. The quantitative estimate of drug-likeness (QED) is 0.175. The minimum absolute atomic E-state index is 0.115. The topological polar surface area (TPSA) is 157 Å². The number of ether oxygens (including phenoxy) is 3. The number of aromatic amines is 1. The zero-order valence-electron chi connectivity index (χ0n) is 27.4. The predicted octanol–water partition coefficient (Wildman–Crippen LogP) is 5.11. The van der Waals surface area contributed by atoms with E-state index in [4.69, 9.17) is 14.2 Å². The van der Waals surface area contributed by atoms with E-state index in [0.29, 0.717) is 59.1 Å². The van der Waals surface area contributed by atoms with Gasteiger partial charge in [0.2, 0.25) is 23.0 Å². The van der Waals surface area contributed by atoms with Crippen LogP contribution in [-0.2, 0) is 16.0 Å². The average Bonchev–Trinajstić information content (AvgIpc) is 3.51. The van der Waals surface area contributed by atoms with E-state index in [9.17, 15) is 14.4 Å². The van der Waals surface area contributed by atoms with Gasteiger partial charge < -0.3 is 30.2 Å². The van der Waals surface area contributed by atoms with Gasteiger partial charge in [-0.25, -0.2) is 4.98 Å². The second-order valence-corrected chi connectivity index (χ2v) is 11.5. The standard InChI is InChI=1S/C35H40N6O6/c1-7-19(2)31(35(44)39-23-11-8-21(9-12-23)34-36-18-37-41-34)40-27-15-13-24-25(17-28(27)43)26(38-20(3)42)14-10-22-16-29(45-4)32(46-5)33(47-6)30(22)24/h8-9,11-13,15-19,26,31H,7,10,14H2,1-6H3,(H,38,42)(H,39,44)(H,40,43)(H,36,37,41). The van der Waals surface area contributed by atoms with Gasteiger partial charge in [0.25, 0.3) is 0 Å². The van der Waals surface area contributed by atoms with Crippen molar-refractivity contribution in [1.29, 1.82) is 0 Å². The molecular weight excluding hydrogens is 600 g/mol. The molecule has 0 radical (unpaired) electrons. The Bertz CT molecular complexity index is 1810. The highest BCUT2D eigenvalue weighted by molar-refractivity contribution is 5.97. The lowest BCUT2D eigenvalue weighted by atomic mass is 9.95. The van der Waals surface area contributed by atoms with E-state index in [0.717, 1.165) is 16.7 Å². The fourth-order valence-corrected chi connectivity index (χ4v) is 5.97. The van der Waals surface area contributed by atoms with Crippen molar-refractivity contribution in [3.63, 3.8) is 0 Å². The Morgan fingerprint density at radius 1 is 1.02 bits per heavy atom. The normalized spacial score (nSPS) is 14.8. The van der Waals surface area contributed by atoms with Gasteiger partial charge >= 0.3 is 0 Å². The Morgan fingerprint density at radius 2 is 1.77 bits per heavy atom. The van der Waals surface area contributed by atoms with E-state index >= 15 is 0 Å². The highest BCUT2D eigenvalue weighted by atomic mass is 16.5. The Kier molecular flexibility index (Phi) is 10.1. The van der Waals surface area contributed by atoms with Gasteiger partial charge in [-0.1, -0.05) is 26.3 Å². The lowest BCUT2D eigenvalue weighted by Gasteiger charge is -2.24. The van der Waals surface area contributed by atoms with Crippen molar-refractivity contribution in [3.8, 4) is 39.8 Å². The molecule has 246 valence electrons. The van der Waals surface area contributed by atoms with Crippen LogP contribution in [0, 0.1) is 5.92 Å². The molecule has 0 saturated heterocycles. The largest absolute Gasteiger partial charge is 0.493 e. The van der Waals surface area contributed by atoms with Gasteiger partial charge in [-0.05, 0) is 77.9 Å². The van der Waals surface area contributed by atoms with Crippen LogP contribution in [0.1, 0.15) is 50.8 Å². The molecule has 1 heterocycles. The van der Waals surface area contributed by atoms with Crippen LogP contribution in [0.25, 0.3) is 22.5 Å². The Labute approximate surface area is 273 Å². The smallest absolute Gasteiger partial charge is 0.247 e. The maximum absolute atomic E-state index is 13.9. The molecule has 1 aliphatic rings. The summed E-state index contributed by atoms with van der Waals surface area (Å²) in [6.45, 7) is 5.41. The molecule has 3 aromatic carbocycles. The molecule has 1 aliphatic carbocycles. The number of aromatic nitrogens is 3. The van der Waals surface area contributed by atoms with Crippen LogP contribution in [0.15, 0.2) is 59.7 Å². The summed E-state index contributed by atoms with van der Waals surface area (Å²) in [6.07, 6.45) is 3.25. The third-order valence-electron chi connectivity index (χ3n) is 8.56. The van der Waals surface area contributed by atoms with Crippen molar-refractivity contribution < 1.29 is 23.8 Å². The van der Waals surface area contributed by atoms with E-state index < -0.39 is 12.1 Å². The highest BCUT2D eigenvalue weighted by Gasteiger charge is 2.30. The first-order valence-corrected chi connectivity index (χ1v) is 15.5. The van der Waals surface area contributed by atoms with Gasteiger partial charge in [-0.15, -0.1) is 0 Å². The van der Waals surface area contributed by atoms with E-state index in [1.54, 1.807) is 32.4 Å². The summed E-state index contributed by atoms with van der Waals surface area (Å²) in [7, 11) is 4.66. The number of carbonyl (C=O) groups excluding carboxylic acids is 2. The molecule has 47 heavy (non-hydrogen) atoms. The van der Waals surface area contributed by atoms with E-state index in [1.165, 1.54) is 26.4 Å². The third-order valence-corrected chi connectivity index (χ3v) is 8.56. The van der Waals surface area contributed by atoms with Crippen LogP contribution in [0.2, 0.25) is 0 Å². The lowest BCUT2D eigenvalue weighted by Crippen LogP contribution is -2.40. The van der Waals surface area contributed by atoms with Crippen LogP contribution >= 0.6 is 0 Å². The molecule has 1 aromatic heterocycles. The number of rotatable bonds is 11. The number of nitrogens with one attached hydrogen (secondary N) is 4. The number of hydrogen-bond acceptors (Lipinski definition) is 9. The second kappa shape index (κ2) is 14.4. The molecule has 0 bridgehead atoms. The first-order valence-electron chi connectivity index (χ1n) is 15.5. The number of carbonyl (C=O) groups is 2. The van der Waals surface area contributed by atoms with Crippen molar-refractivity contribution in [2.24, 2.45) is 5.92 Å². The number of fused-ring (bicyclic) bond motifs is 3. The molecule has 12 heteroatoms. The monoisotopic (exact) mass is 640 g/mol. The maximum Gasteiger partial charge on any atom is 0.247 e. The third kappa shape index (κ3) is 6.91. The van der Waals surface area contributed by atoms with Gasteiger partial charge in [-0.3, -0.25) is 19.5 Å². The molecular formula is C35H40N6O6. The summed E-state index contributed by atoms with van der Waals surface area (Å²) in [4.78, 5) is 44.0. The number of benzene rings is 2. The molecule has 3 unspecified atom stereocenters. The Morgan fingerprint density at radius 3 is 2.38 bits per heavy atom. The fourth-order valence-electron chi connectivity index (χ4n) is 5.97. The zero-order valence-corrected chi connectivity index (χ0v) is 27.4. The van der Waals surface area contributed by atoms with Gasteiger partial charge in [0.05, 0.1) is 33.1 Å². The summed E-state index contributed by atoms with van der Waals surface area (Å²) in [5.74, 6) is 1.42. The average molecular weight is 641 g/mol. The molecule has 0 aliphatic heterocycles. The second-order valence-electron chi connectivity index (χ2n) is 11.5. The number of anilines is 2. The van der Waals surface area contributed by atoms with E-state index in [1.807, 2.05) is 38.1 Å². The molecule has 0 saturated carbocycles. The SMILES string of the molecule is CCC(C)C(Nc1ccc2c(cc1=O)C(NC(C)=O)CCc1cc(OC)c(OC)c(OC)c1-2)C(=O)Nc1ccc(-c2ncn[nH]2)cc1. The van der Waals surface area contributed by atoms with E-state index in [2.05, 4.69) is 31.1 Å². The number of amides is 2. The first-order chi connectivity index (χ1) is 22.7. The summed E-state index contributed by atoms with van der Waals surface area (Å²) >= 11 is 0. The minimum Gasteiger partial charge on any atom is -0.493 e. The summed E-state index contributed by atoms with van der Waals surface area (Å²) in [5.41, 5.74) is 4.38. The zero-order chi connectivity index (χ0) is 33.7. The van der Waals surface area contributed by atoms with Gasteiger partial charge in [0.1, 0.15) is 12.4 Å². The number of aryl methyl sites for hydroxylation is 1. The molecule has 0 fully saturated rings. The number of hydrogen-bond donors (Lipinski definition) is 4. The van der Waals surface area contributed by atoms with Crippen LogP contribution in [0.5, 0.6) is 17.2 Å². The molecule has 5 rings (SSSR count). The number of nitrogens with zero attached hydrogens (tertiary/aromatic N) is 2. The Balaban J connectivity index is 1.55. The van der Waals surface area contributed by atoms with Crippen molar-refractivity contribution in [2.75, 3.05) is 32.0 Å². The van der Waals surface area contributed by atoms with Gasteiger partial charge in [0, 0.05) is 23.7 Å². The molecule has 3 atom stereocenters. The summed E-state index contributed by atoms with van der Waals surface area (Å²) in [5, 5.41) is 15.9. The van der Waals surface area contributed by atoms with Crippen LogP contribution < -0.4 is 35.6 Å². The van der Waals surface area contributed by atoms with Gasteiger partial charge in [0.15, 0.2) is 17.3 Å². The molecule has 4 N–H and O–H groups in total. The van der Waals surface area contributed by atoms with Gasteiger partial charge in [-0.2, -0.15) is 5.10 Å². The molecule has 0 spiro atoms. The van der Waals surface area contributed by atoms with Crippen molar-refractivity contribution in [2.45, 2.75) is 52.1 Å². The molecule has 4 aromatic rings. The Hall–Kier alpha value is -5.39. The number of methoxy groups -OCH3 is 3. The maximum atomic E-state index is 13.9. The summed E-state index contributed by atoms with van der Waals surface area (Å²) in [6, 6.07) is 13.1. The lowest BCUT2D eigenvalue weighted by molar-refractivity contribution is -0.120. The fraction of sp³-hybridized carbons (Fsp3) is 0.343. The van der Waals surface area contributed by atoms with E-state index in [-0.39, 0.29) is 28.8 Å². The van der Waals surface area contributed by atoms with Crippen molar-refractivity contribution in [1.82, 2.24) is 20.5 Å².